The molecule has 0 unspecified atom stereocenters. The predicted molar refractivity (Wildman–Crippen MR) is 83.4 cm³/mol. The second kappa shape index (κ2) is 8.15. The molecule has 0 aromatic heterocycles. The lowest BCUT2D eigenvalue weighted by Gasteiger charge is -2.24. The Balaban J connectivity index is 2.39. The average molecular weight is 298 g/mol. The summed E-state index contributed by atoms with van der Waals surface area (Å²) in [4.78, 5) is 11.9. The molecule has 1 amide bonds. The molecule has 1 aromatic rings. The molecule has 0 saturated heterocycles. The summed E-state index contributed by atoms with van der Waals surface area (Å²) in [6, 6.07) is 7.56. The summed E-state index contributed by atoms with van der Waals surface area (Å²) in [5.74, 6) is 1.52. The van der Waals surface area contributed by atoms with Crippen LogP contribution in [0.2, 0.25) is 0 Å². The van der Waals surface area contributed by atoms with E-state index in [9.17, 15) is 4.79 Å². The SMILES string of the molecule is COc1ccc(CC(=O)NCC(C)(C)CCCCl)cc1. The number of hydrogen-bond acceptors (Lipinski definition) is 2. The number of alkyl halides is 1. The van der Waals surface area contributed by atoms with Crippen LogP contribution in [0.1, 0.15) is 32.3 Å². The first-order chi connectivity index (χ1) is 9.46. The number of nitrogens with one attached hydrogen (secondary N) is 1. The van der Waals surface area contributed by atoms with E-state index in [1.165, 1.54) is 0 Å². The van der Waals surface area contributed by atoms with E-state index in [0.717, 1.165) is 24.2 Å². The molecular formula is C16H24ClNO2. The Morgan fingerprint density at radius 1 is 1.30 bits per heavy atom. The number of methoxy groups -OCH3 is 1. The highest BCUT2D eigenvalue weighted by atomic mass is 35.5. The van der Waals surface area contributed by atoms with Gasteiger partial charge in [-0.1, -0.05) is 26.0 Å². The lowest BCUT2D eigenvalue weighted by Crippen LogP contribution is -2.34. The number of hydrogen-bond donors (Lipinski definition) is 1. The molecule has 0 heterocycles. The van der Waals surface area contributed by atoms with Gasteiger partial charge in [-0.25, -0.2) is 0 Å². The molecule has 0 radical (unpaired) electrons. The van der Waals surface area contributed by atoms with Crippen LogP contribution in [-0.2, 0) is 11.2 Å². The number of halogens is 1. The number of carbonyl (C=O) groups is 1. The number of rotatable bonds is 8. The molecule has 4 heteroatoms. The van der Waals surface area contributed by atoms with Crippen molar-refractivity contribution in [3.05, 3.63) is 29.8 Å². The standard InChI is InChI=1S/C16H24ClNO2/c1-16(2,9-4-10-17)12-18-15(19)11-13-5-7-14(20-3)8-6-13/h5-8H,4,9-12H2,1-3H3,(H,18,19). The summed E-state index contributed by atoms with van der Waals surface area (Å²) >= 11 is 5.70. The minimum Gasteiger partial charge on any atom is -0.497 e. The molecule has 1 N–H and O–H groups in total. The Kier molecular flexibility index (Phi) is 6.86. The summed E-state index contributed by atoms with van der Waals surface area (Å²) in [6.45, 7) is 4.97. The Morgan fingerprint density at radius 2 is 1.95 bits per heavy atom. The van der Waals surface area contributed by atoms with Crippen LogP contribution < -0.4 is 10.1 Å². The molecule has 1 aromatic carbocycles. The second-order valence-corrected chi connectivity index (χ2v) is 6.14. The highest BCUT2D eigenvalue weighted by Gasteiger charge is 2.18. The maximum atomic E-state index is 11.9. The maximum absolute atomic E-state index is 11.9. The largest absolute Gasteiger partial charge is 0.497 e. The molecule has 3 nitrogen and oxygen atoms in total. The Morgan fingerprint density at radius 3 is 2.50 bits per heavy atom. The van der Waals surface area contributed by atoms with Gasteiger partial charge in [-0.15, -0.1) is 11.6 Å². The summed E-state index contributed by atoms with van der Waals surface area (Å²) in [5, 5.41) is 3.00. The van der Waals surface area contributed by atoms with Gasteiger partial charge in [-0.2, -0.15) is 0 Å². The van der Waals surface area contributed by atoms with Gasteiger partial charge in [0.05, 0.1) is 13.5 Å². The zero-order valence-electron chi connectivity index (χ0n) is 12.5. The molecular weight excluding hydrogens is 274 g/mol. The first-order valence-electron chi connectivity index (χ1n) is 6.92. The van der Waals surface area contributed by atoms with E-state index in [2.05, 4.69) is 19.2 Å². The third-order valence-electron chi connectivity index (χ3n) is 3.28. The van der Waals surface area contributed by atoms with Gasteiger partial charge in [-0.05, 0) is 36.0 Å². The first-order valence-corrected chi connectivity index (χ1v) is 7.46. The monoisotopic (exact) mass is 297 g/mol. The fraction of sp³-hybridized carbons (Fsp3) is 0.562. The van der Waals surface area contributed by atoms with E-state index in [0.29, 0.717) is 18.8 Å². The molecule has 0 spiro atoms. The van der Waals surface area contributed by atoms with Crippen LogP contribution in [-0.4, -0.2) is 25.4 Å². The van der Waals surface area contributed by atoms with Gasteiger partial charge in [0, 0.05) is 12.4 Å². The van der Waals surface area contributed by atoms with E-state index >= 15 is 0 Å². The smallest absolute Gasteiger partial charge is 0.224 e. The fourth-order valence-electron chi connectivity index (χ4n) is 1.96. The van der Waals surface area contributed by atoms with Gasteiger partial charge in [0.25, 0.3) is 0 Å². The summed E-state index contributed by atoms with van der Waals surface area (Å²) < 4.78 is 5.09. The van der Waals surface area contributed by atoms with Crippen LogP contribution in [0.15, 0.2) is 24.3 Å². The van der Waals surface area contributed by atoms with Crippen LogP contribution in [0.4, 0.5) is 0 Å². The first kappa shape index (κ1) is 16.8. The van der Waals surface area contributed by atoms with Crippen molar-refractivity contribution in [2.75, 3.05) is 19.5 Å². The molecule has 112 valence electrons. The summed E-state index contributed by atoms with van der Waals surface area (Å²) in [6.07, 6.45) is 2.39. The number of carbonyl (C=O) groups excluding carboxylic acids is 1. The molecule has 20 heavy (non-hydrogen) atoms. The van der Waals surface area contributed by atoms with Crippen molar-refractivity contribution in [2.45, 2.75) is 33.1 Å². The van der Waals surface area contributed by atoms with Gasteiger partial charge in [0.15, 0.2) is 0 Å². The van der Waals surface area contributed by atoms with E-state index in [1.807, 2.05) is 24.3 Å². The molecule has 0 aliphatic carbocycles. The van der Waals surface area contributed by atoms with Gasteiger partial charge in [0.1, 0.15) is 5.75 Å². The lowest BCUT2D eigenvalue weighted by atomic mass is 9.88. The van der Waals surface area contributed by atoms with Gasteiger partial charge < -0.3 is 10.1 Å². The molecule has 0 aliphatic rings. The Labute approximate surface area is 126 Å². The van der Waals surface area contributed by atoms with E-state index in [-0.39, 0.29) is 11.3 Å². The van der Waals surface area contributed by atoms with Crippen molar-refractivity contribution in [2.24, 2.45) is 5.41 Å². The van der Waals surface area contributed by atoms with Crippen molar-refractivity contribution in [3.8, 4) is 5.75 Å². The maximum Gasteiger partial charge on any atom is 0.224 e. The van der Waals surface area contributed by atoms with Crippen molar-refractivity contribution in [3.63, 3.8) is 0 Å². The zero-order chi connectivity index (χ0) is 15.0. The van der Waals surface area contributed by atoms with Crippen molar-refractivity contribution in [1.82, 2.24) is 5.32 Å². The second-order valence-electron chi connectivity index (χ2n) is 5.76. The zero-order valence-corrected chi connectivity index (χ0v) is 13.3. The number of benzene rings is 1. The van der Waals surface area contributed by atoms with E-state index in [4.69, 9.17) is 16.3 Å². The van der Waals surface area contributed by atoms with E-state index in [1.54, 1.807) is 7.11 Å². The molecule has 0 fully saturated rings. The van der Waals surface area contributed by atoms with Crippen molar-refractivity contribution >= 4 is 17.5 Å². The van der Waals surface area contributed by atoms with Gasteiger partial charge in [-0.3, -0.25) is 4.79 Å². The lowest BCUT2D eigenvalue weighted by molar-refractivity contribution is -0.120. The van der Waals surface area contributed by atoms with Crippen molar-refractivity contribution in [1.29, 1.82) is 0 Å². The Hall–Kier alpha value is -1.22. The molecule has 0 atom stereocenters. The molecule has 0 aliphatic heterocycles. The van der Waals surface area contributed by atoms with Crippen LogP contribution in [0.25, 0.3) is 0 Å². The highest BCUT2D eigenvalue weighted by Crippen LogP contribution is 2.21. The average Bonchev–Trinajstić information content (AvgIpc) is 2.44. The number of ether oxygens (including phenoxy) is 1. The summed E-state index contributed by atoms with van der Waals surface area (Å²) in [7, 11) is 1.63. The normalized spacial score (nSPS) is 11.2. The Bertz CT molecular complexity index is 415. The third-order valence-corrected chi connectivity index (χ3v) is 3.54. The quantitative estimate of drug-likeness (QED) is 0.747. The van der Waals surface area contributed by atoms with Gasteiger partial charge >= 0.3 is 0 Å². The van der Waals surface area contributed by atoms with Crippen LogP contribution in [0, 0.1) is 5.41 Å². The van der Waals surface area contributed by atoms with Gasteiger partial charge in [0.2, 0.25) is 5.91 Å². The fourth-order valence-corrected chi connectivity index (χ4v) is 2.10. The molecule has 0 saturated carbocycles. The molecule has 1 rings (SSSR count). The number of amides is 1. The van der Waals surface area contributed by atoms with Crippen LogP contribution in [0.5, 0.6) is 5.75 Å². The van der Waals surface area contributed by atoms with Crippen LogP contribution >= 0.6 is 11.6 Å². The topological polar surface area (TPSA) is 38.3 Å². The molecule has 0 bridgehead atoms. The minimum absolute atomic E-state index is 0.0501. The highest BCUT2D eigenvalue weighted by molar-refractivity contribution is 6.17. The minimum atomic E-state index is 0.0501. The third kappa shape index (κ3) is 6.29. The van der Waals surface area contributed by atoms with Crippen molar-refractivity contribution < 1.29 is 9.53 Å². The predicted octanol–water partition coefficient (Wildman–Crippen LogP) is 3.40. The summed E-state index contributed by atoms with van der Waals surface area (Å²) in [5.41, 5.74) is 1.08. The van der Waals surface area contributed by atoms with E-state index < -0.39 is 0 Å². The van der Waals surface area contributed by atoms with Crippen LogP contribution in [0.3, 0.4) is 0 Å².